The molecule has 0 unspecified atom stereocenters. The largest absolute Gasteiger partial charge is 0.425 e. The molecule has 0 amide bonds. The highest BCUT2D eigenvalue weighted by Crippen LogP contribution is 2.24. The maximum absolute atomic E-state index is 5.83. The number of nitrogens with one attached hydrogen (secondary N) is 1. The molecule has 1 aliphatic heterocycles. The molecular weight excluding hydrogens is 238 g/mol. The first-order valence-corrected chi connectivity index (χ1v) is 6.90. The van der Waals surface area contributed by atoms with E-state index in [1.54, 1.807) is 0 Å². The van der Waals surface area contributed by atoms with Gasteiger partial charge in [-0.3, -0.25) is 0 Å². The van der Waals surface area contributed by atoms with E-state index in [4.69, 9.17) is 4.42 Å². The fourth-order valence-corrected chi connectivity index (χ4v) is 2.54. The molecule has 1 saturated heterocycles. The van der Waals surface area contributed by atoms with Crippen LogP contribution >= 0.6 is 0 Å². The third-order valence-corrected chi connectivity index (χ3v) is 3.77. The van der Waals surface area contributed by atoms with Crippen molar-refractivity contribution in [2.45, 2.75) is 32.1 Å². The van der Waals surface area contributed by atoms with Crippen LogP contribution in [-0.2, 0) is 6.42 Å². The summed E-state index contributed by atoms with van der Waals surface area (Å²) in [7, 11) is 0. The molecule has 0 saturated carbocycles. The number of aryl methyl sites for hydroxylation is 1. The molecule has 0 radical (unpaired) electrons. The molecule has 1 aliphatic rings. The lowest BCUT2D eigenvalue weighted by atomic mass is 9.98. The van der Waals surface area contributed by atoms with E-state index in [9.17, 15) is 0 Å². The number of aromatic nitrogens is 2. The normalized spacial score (nSPS) is 16.7. The Morgan fingerprint density at radius 1 is 1.21 bits per heavy atom. The molecule has 2 heterocycles. The van der Waals surface area contributed by atoms with Gasteiger partial charge in [0.25, 0.3) is 0 Å². The molecule has 1 aromatic carbocycles. The average Bonchev–Trinajstić information content (AvgIpc) is 2.91. The fourth-order valence-electron chi connectivity index (χ4n) is 2.54. The van der Waals surface area contributed by atoms with Crippen LogP contribution in [0.25, 0.3) is 0 Å². The number of benzene rings is 1. The van der Waals surface area contributed by atoms with E-state index >= 15 is 0 Å². The Morgan fingerprint density at radius 2 is 2.00 bits per heavy atom. The van der Waals surface area contributed by atoms with Gasteiger partial charge in [0.05, 0.1) is 6.42 Å². The van der Waals surface area contributed by atoms with Gasteiger partial charge < -0.3 is 9.73 Å². The molecule has 0 aliphatic carbocycles. The Bertz CT molecular complexity index is 544. The molecule has 0 atom stereocenters. The van der Waals surface area contributed by atoms with Crippen LogP contribution in [-0.4, -0.2) is 23.3 Å². The van der Waals surface area contributed by atoms with Gasteiger partial charge in [-0.1, -0.05) is 24.3 Å². The van der Waals surface area contributed by atoms with E-state index in [0.29, 0.717) is 5.92 Å². The highest BCUT2D eigenvalue weighted by atomic mass is 16.4. The molecule has 19 heavy (non-hydrogen) atoms. The van der Waals surface area contributed by atoms with Crippen LogP contribution < -0.4 is 5.32 Å². The van der Waals surface area contributed by atoms with Crippen LogP contribution in [0.4, 0.5) is 0 Å². The molecule has 4 heteroatoms. The van der Waals surface area contributed by atoms with E-state index in [2.05, 4.69) is 34.6 Å². The van der Waals surface area contributed by atoms with Gasteiger partial charge in [-0.05, 0) is 44.0 Å². The summed E-state index contributed by atoms with van der Waals surface area (Å²) in [6.07, 6.45) is 2.91. The summed E-state index contributed by atoms with van der Waals surface area (Å²) in [6, 6.07) is 8.32. The topological polar surface area (TPSA) is 51.0 Å². The summed E-state index contributed by atoms with van der Waals surface area (Å²) < 4.78 is 5.83. The molecular formula is C15H19N3O. The SMILES string of the molecule is Cc1ccccc1Cc1nnc(C2CCNCC2)o1. The van der Waals surface area contributed by atoms with E-state index in [0.717, 1.165) is 44.1 Å². The number of hydrogen-bond donors (Lipinski definition) is 1. The van der Waals surface area contributed by atoms with Crippen LogP contribution in [0, 0.1) is 6.92 Å². The van der Waals surface area contributed by atoms with Gasteiger partial charge in [0.1, 0.15) is 0 Å². The zero-order valence-corrected chi connectivity index (χ0v) is 11.2. The van der Waals surface area contributed by atoms with Crippen molar-refractivity contribution in [3.63, 3.8) is 0 Å². The van der Waals surface area contributed by atoms with Crippen LogP contribution in [0.1, 0.15) is 41.7 Å². The number of hydrogen-bond acceptors (Lipinski definition) is 4. The quantitative estimate of drug-likeness (QED) is 0.917. The first-order valence-electron chi connectivity index (χ1n) is 6.90. The van der Waals surface area contributed by atoms with Gasteiger partial charge in [0, 0.05) is 5.92 Å². The molecule has 0 spiro atoms. The van der Waals surface area contributed by atoms with E-state index in [1.807, 2.05) is 12.1 Å². The maximum atomic E-state index is 5.83. The van der Waals surface area contributed by atoms with E-state index in [1.165, 1.54) is 11.1 Å². The van der Waals surface area contributed by atoms with Crippen molar-refractivity contribution in [3.8, 4) is 0 Å². The molecule has 2 aromatic rings. The van der Waals surface area contributed by atoms with Crippen molar-refractivity contribution in [1.29, 1.82) is 0 Å². The van der Waals surface area contributed by atoms with Gasteiger partial charge >= 0.3 is 0 Å². The van der Waals surface area contributed by atoms with Gasteiger partial charge in [-0.15, -0.1) is 10.2 Å². The lowest BCUT2D eigenvalue weighted by Gasteiger charge is -2.18. The number of rotatable bonds is 3. The first-order chi connectivity index (χ1) is 9.33. The standard InChI is InChI=1S/C15H19N3O/c1-11-4-2-3-5-13(11)10-14-17-18-15(19-14)12-6-8-16-9-7-12/h2-5,12,16H,6-10H2,1H3. The minimum Gasteiger partial charge on any atom is -0.425 e. The van der Waals surface area contributed by atoms with Crippen LogP contribution in [0.15, 0.2) is 28.7 Å². The molecule has 0 bridgehead atoms. The Labute approximate surface area is 113 Å². The third kappa shape index (κ3) is 2.84. The molecule has 1 fully saturated rings. The minimum atomic E-state index is 0.430. The lowest BCUT2D eigenvalue weighted by molar-refractivity contribution is 0.363. The van der Waals surface area contributed by atoms with Crippen molar-refractivity contribution < 1.29 is 4.42 Å². The van der Waals surface area contributed by atoms with Crippen LogP contribution in [0.3, 0.4) is 0 Å². The molecule has 1 aromatic heterocycles. The Balaban J connectivity index is 1.73. The lowest BCUT2D eigenvalue weighted by Crippen LogP contribution is -2.26. The monoisotopic (exact) mass is 257 g/mol. The number of nitrogens with zero attached hydrogens (tertiary/aromatic N) is 2. The number of piperidine rings is 1. The summed E-state index contributed by atoms with van der Waals surface area (Å²) in [5.41, 5.74) is 2.52. The van der Waals surface area contributed by atoms with Crippen molar-refractivity contribution in [2.24, 2.45) is 0 Å². The average molecular weight is 257 g/mol. The zero-order valence-electron chi connectivity index (χ0n) is 11.2. The van der Waals surface area contributed by atoms with E-state index < -0.39 is 0 Å². The van der Waals surface area contributed by atoms with Crippen LogP contribution in [0.2, 0.25) is 0 Å². The van der Waals surface area contributed by atoms with E-state index in [-0.39, 0.29) is 0 Å². The van der Waals surface area contributed by atoms with Gasteiger partial charge in [-0.2, -0.15) is 0 Å². The van der Waals surface area contributed by atoms with Crippen molar-refractivity contribution >= 4 is 0 Å². The zero-order chi connectivity index (χ0) is 13.1. The van der Waals surface area contributed by atoms with Gasteiger partial charge in [0.15, 0.2) is 0 Å². The predicted octanol–water partition coefficient (Wildman–Crippen LogP) is 2.44. The summed E-state index contributed by atoms with van der Waals surface area (Å²) >= 11 is 0. The second-order valence-electron chi connectivity index (χ2n) is 5.16. The summed E-state index contributed by atoms with van der Waals surface area (Å²) in [5.74, 6) is 1.97. The maximum Gasteiger partial charge on any atom is 0.220 e. The molecule has 3 rings (SSSR count). The van der Waals surface area contributed by atoms with Gasteiger partial charge in [0.2, 0.25) is 11.8 Å². The predicted molar refractivity (Wildman–Crippen MR) is 73.1 cm³/mol. The van der Waals surface area contributed by atoms with Crippen molar-refractivity contribution in [2.75, 3.05) is 13.1 Å². The second kappa shape index (κ2) is 5.53. The third-order valence-electron chi connectivity index (χ3n) is 3.77. The highest BCUT2D eigenvalue weighted by Gasteiger charge is 2.21. The first kappa shape index (κ1) is 12.4. The van der Waals surface area contributed by atoms with Crippen molar-refractivity contribution in [1.82, 2.24) is 15.5 Å². The molecule has 4 nitrogen and oxygen atoms in total. The summed E-state index contributed by atoms with van der Waals surface area (Å²) in [4.78, 5) is 0. The highest BCUT2D eigenvalue weighted by molar-refractivity contribution is 5.27. The summed E-state index contributed by atoms with van der Waals surface area (Å²) in [6.45, 7) is 4.19. The van der Waals surface area contributed by atoms with Crippen molar-refractivity contribution in [3.05, 3.63) is 47.2 Å². The summed E-state index contributed by atoms with van der Waals surface area (Å²) in [5, 5.41) is 11.8. The van der Waals surface area contributed by atoms with Gasteiger partial charge in [-0.25, -0.2) is 0 Å². The molecule has 1 N–H and O–H groups in total. The Hall–Kier alpha value is -1.68. The minimum absolute atomic E-state index is 0.430. The van der Waals surface area contributed by atoms with Crippen LogP contribution in [0.5, 0.6) is 0 Å². The molecule has 100 valence electrons. The smallest absolute Gasteiger partial charge is 0.220 e. The second-order valence-corrected chi connectivity index (χ2v) is 5.16. The Kier molecular flexibility index (Phi) is 3.60. The fraction of sp³-hybridized carbons (Fsp3) is 0.467. The Morgan fingerprint density at radius 3 is 2.79 bits per heavy atom.